The van der Waals surface area contributed by atoms with E-state index in [0.717, 1.165) is 76.0 Å². The number of hydrogen-bond acceptors (Lipinski definition) is 4. The van der Waals surface area contributed by atoms with E-state index in [1.54, 1.807) is 0 Å². The number of carbonyl (C=O) groups is 1. The molecule has 0 unspecified atom stereocenters. The number of amides is 2. The van der Waals surface area contributed by atoms with Gasteiger partial charge in [0.2, 0.25) is 0 Å². The zero-order chi connectivity index (χ0) is 17.6. The lowest BCUT2D eigenvalue weighted by Crippen LogP contribution is -2.46. The number of likely N-dealkylation sites (tertiary alicyclic amines) is 1. The Hall–Kier alpha value is -1.82. The molecule has 6 heteroatoms. The summed E-state index contributed by atoms with van der Waals surface area (Å²) in [5.74, 6) is 1.77. The number of nitrogens with one attached hydrogen (secondary N) is 1. The molecule has 0 aromatic carbocycles. The van der Waals surface area contributed by atoms with Crippen molar-refractivity contribution < 1.29 is 4.79 Å². The van der Waals surface area contributed by atoms with Crippen LogP contribution in [0.5, 0.6) is 0 Å². The van der Waals surface area contributed by atoms with Gasteiger partial charge in [0.1, 0.15) is 5.82 Å². The Morgan fingerprint density at radius 1 is 1.16 bits per heavy atom. The van der Waals surface area contributed by atoms with E-state index in [2.05, 4.69) is 46.1 Å². The topological polar surface area (TPSA) is 51.7 Å². The number of likely N-dealkylation sites (N-methyl/N-ethyl adjacent to an activating group) is 1. The Kier molecular flexibility index (Phi) is 6.13. The lowest BCUT2D eigenvalue weighted by Gasteiger charge is -2.34. The molecule has 0 bridgehead atoms. The van der Waals surface area contributed by atoms with Gasteiger partial charge in [-0.3, -0.25) is 0 Å². The predicted molar refractivity (Wildman–Crippen MR) is 101 cm³/mol. The Morgan fingerprint density at radius 3 is 2.48 bits per heavy atom. The lowest BCUT2D eigenvalue weighted by molar-refractivity contribution is 0.173. The fourth-order valence-electron chi connectivity index (χ4n) is 3.50. The van der Waals surface area contributed by atoms with E-state index in [1.807, 2.05) is 11.1 Å². The van der Waals surface area contributed by atoms with Crippen molar-refractivity contribution in [2.75, 3.05) is 50.7 Å². The van der Waals surface area contributed by atoms with Crippen molar-refractivity contribution in [3.63, 3.8) is 0 Å². The predicted octanol–water partition coefficient (Wildman–Crippen LogP) is 2.17. The number of nitrogens with zero attached hydrogens (tertiary/aromatic N) is 4. The molecule has 0 spiro atoms. The van der Waals surface area contributed by atoms with Gasteiger partial charge >= 0.3 is 6.03 Å². The van der Waals surface area contributed by atoms with Crippen molar-refractivity contribution in [2.24, 2.45) is 5.92 Å². The number of urea groups is 1. The Labute approximate surface area is 151 Å². The molecule has 1 N–H and O–H groups in total. The summed E-state index contributed by atoms with van der Waals surface area (Å²) in [5.41, 5.74) is 1.05. The highest BCUT2D eigenvalue weighted by atomic mass is 16.2. The van der Waals surface area contributed by atoms with Crippen LogP contribution in [-0.2, 0) is 6.54 Å². The van der Waals surface area contributed by atoms with E-state index >= 15 is 0 Å². The maximum atomic E-state index is 12.2. The minimum atomic E-state index is 0.0478. The normalized spacial score (nSPS) is 19.9. The minimum absolute atomic E-state index is 0.0478. The number of pyridine rings is 1. The van der Waals surface area contributed by atoms with Gasteiger partial charge in [0, 0.05) is 52.0 Å². The molecule has 138 valence electrons. The van der Waals surface area contributed by atoms with Gasteiger partial charge < -0.3 is 20.0 Å². The summed E-state index contributed by atoms with van der Waals surface area (Å²) in [5, 5.41) is 3.02. The van der Waals surface area contributed by atoms with Crippen molar-refractivity contribution in [3.05, 3.63) is 23.9 Å². The van der Waals surface area contributed by atoms with E-state index < -0.39 is 0 Å². The molecule has 1 aromatic rings. The average Bonchev–Trinajstić information content (AvgIpc) is 2.67. The van der Waals surface area contributed by atoms with E-state index in [9.17, 15) is 4.79 Å². The van der Waals surface area contributed by atoms with Gasteiger partial charge in [-0.15, -0.1) is 0 Å². The van der Waals surface area contributed by atoms with Gasteiger partial charge in [-0.1, -0.05) is 19.9 Å². The molecule has 0 saturated carbocycles. The van der Waals surface area contributed by atoms with Gasteiger partial charge in [0.25, 0.3) is 0 Å². The molecule has 2 aliphatic rings. The maximum Gasteiger partial charge on any atom is 0.317 e. The van der Waals surface area contributed by atoms with Crippen LogP contribution in [0.15, 0.2) is 18.3 Å². The number of carbonyl (C=O) groups excluding carboxylic acids is 1. The molecule has 2 saturated heterocycles. The molecule has 2 aliphatic heterocycles. The smallest absolute Gasteiger partial charge is 0.317 e. The molecule has 2 fully saturated rings. The summed E-state index contributed by atoms with van der Waals surface area (Å²) in [6.07, 6.45) is 4.10. The van der Waals surface area contributed by atoms with Gasteiger partial charge in [0.15, 0.2) is 0 Å². The number of hydrogen-bond donors (Lipinski definition) is 1. The Bertz CT molecular complexity index is 545. The number of rotatable bonds is 4. The van der Waals surface area contributed by atoms with Crippen molar-refractivity contribution in [1.29, 1.82) is 0 Å². The first kappa shape index (κ1) is 18.0. The lowest BCUT2D eigenvalue weighted by atomic mass is 10.00. The summed E-state index contributed by atoms with van der Waals surface area (Å²) in [6.45, 7) is 12.1. The number of piperazine rings is 1. The standard InChI is InChI=1S/C19H31N5O/c1-3-22-10-12-23(13-11-22)18-5-4-17(14-20-18)15-21-19(25)24-8-6-16(2)7-9-24/h4-5,14,16H,3,6-13,15H2,1-2H3,(H,21,25). The molecule has 3 rings (SSSR count). The highest BCUT2D eigenvalue weighted by Crippen LogP contribution is 2.16. The first-order valence-corrected chi connectivity index (χ1v) is 9.60. The maximum absolute atomic E-state index is 12.2. The second kappa shape index (κ2) is 8.52. The van der Waals surface area contributed by atoms with Crippen LogP contribution in [0.1, 0.15) is 32.3 Å². The highest BCUT2D eigenvalue weighted by Gasteiger charge is 2.20. The van der Waals surface area contributed by atoms with Crippen molar-refractivity contribution in [3.8, 4) is 0 Å². The summed E-state index contributed by atoms with van der Waals surface area (Å²) in [4.78, 5) is 23.6. The third-order valence-electron chi connectivity index (χ3n) is 5.47. The summed E-state index contributed by atoms with van der Waals surface area (Å²) >= 11 is 0. The molecule has 0 atom stereocenters. The monoisotopic (exact) mass is 345 g/mol. The van der Waals surface area contributed by atoms with Crippen LogP contribution in [0.25, 0.3) is 0 Å². The van der Waals surface area contributed by atoms with Gasteiger partial charge in [-0.25, -0.2) is 9.78 Å². The number of piperidine rings is 1. The third-order valence-corrected chi connectivity index (χ3v) is 5.47. The Balaban J connectivity index is 1.45. The third kappa shape index (κ3) is 4.84. The highest BCUT2D eigenvalue weighted by molar-refractivity contribution is 5.74. The van der Waals surface area contributed by atoms with E-state index in [0.29, 0.717) is 6.54 Å². The SMILES string of the molecule is CCN1CCN(c2ccc(CNC(=O)N3CCC(C)CC3)cn2)CC1. The number of anilines is 1. The number of aromatic nitrogens is 1. The van der Waals surface area contributed by atoms with E-state index in [-0.39, 0.29) is 6.03 Å². The quantitative estimate of drug-likeness (QED) is 0.909. The van der Waals surface area contributed by atoms with Gasteiger partial charge in [0.05, 0.1) is 0 Å². The molecule has 6 nitrogen and oxygen atoms in total. The molecule has 1 aromatic heterocycles. The van der Waals surface area contributed by atoms with Crippen molar-refractivity contribution in [2.45, 2.75) is 33.2 Å². The first-order chi connectivity index (χ1) is 12.2. The summed E-state index contributed by atoms with van der Waals surface area (Å²) in [6, 6.07) is 4.20. The van der Waals surface area contributed by atoms with Crippen LogP contribution in [0.2, 0.25) is 0 Å². The van der Waals surface area contributed by atoms with Gasteiger partial charge in [-0.2, -0.15) is 0 Å². The molecular weight excluding hydrogens is 314 g/mol. The minimum Gasteiger partial charge on any atom is -0.354 e. The molecular formula is C19H31N5O. The van der Waals surface area contributed by atoms with E-state index in [4.69, 9.17) is 0 Å². The first-order valence-electron chi connectivity index (χ1n) is 9.60. The zero-order valence-electron chi connectivity index (χ0n) is 15.6. The average molecular weight is 345 g/mol. The molecule has 2 amide bonds. The van der Waals surface area contributed by atoms with Crippen LogP contribution in [0, 0.1) is 5.92 Å². The molecule has 3 heterocycles. The van der Waals surface area contributed by atoms with Crippen molar-refractivity contribution in [1.82, 2.24) is 20.1 Å². The molecule has 0 radical (unpaired) electrons. The van der Waals surface area contributed by atoms with Crippen LogP contribution in [0.4, 0.5) is 10.6 Å². The summed E-state index contributed by atoms with van der Waals surface area (Å²) in [7, 11) is 0. The van der Waals surface area contributed by atoms with Crippen LogP contribution in [0.3, 0.4) is 0 Å². The largest absolute Gasteiger partial charge is 0.354 e. The second-order valence-corrected chi connectivity index (χ2v) is 7.27. The van der Waals surface area contributed by atoms with Crippen LogP contribution < -0.4 is 10.2 Å². The van der Waals surface area contributed by atoms with Gasteiger partial charge in [-0.05, 0) is 36.9 Å². The van der Waals surface area contributed by atoms with Crippen LogP contribution >= 0.6 is 0 Å². The summed E-state index contributed by atoms with van der Waals surface area (Å²) < 4.78 is 0. The molecule has 25 heavy (non-hydrogen) atoms. The Morgan fingerprint density at radius 2 is 1.88 bits per heavy atom. The van der Waals surface area contributed by atoms with Crippen LogP contribution in [-0.4, -0.2) is 66.6 Å². The molecule has 0 aliphatic carbocycles. The second-order valence-electron chi connectivity index (χ2n) is 7.27. The fraction of sp³-hybridized carbons (Fsp3) is 0.684. The van der Waals surface area contributed by atoms with E-state index in [1.165, 1.54) is 0 Å². The van der Waals surface area contributed by atoms with Crippen molar-refractivity contribution >= 4 is 11.8 Å². The fourth-order valence-corrected chi connectivity index (χ4v) is 3.50. The zero-order valence-corrected chi connectivity index (χ0v) is 15.6.